The number of nitrogens with two attached hydrogens (primary N) is 1. The van der Waals surface area contributed by atoms with E-state index in [9.17, 15) is 14.4 Å². The average Bonchev–Trinajstić information content (AvgIpc) is 3.14. The number of rotatable bonds is 6. The van der Waals surface area contributed by atoms with Crippen LogP contribution in [0.3, 0.4) is 0 Å². The van der Waals surface area contributed by atoms with Gasteiger partial charge in [-0.1, -0.05) is 0 Å². The van der Waals surface area contributed by atoms with Crippen LogP contribution in [0.1, 0.15) is 27.8 Å². The summed E-state index contributed by atoms with van der Waals surface area (Å²) in [6, 6.07) is 13.2. The van der Waals surface area contributed by atoms with Crippen LogP contribution >= 0.6 is 0 Å². The largest absolute Gasteiger partial charge is 0.494 e. The summed E-state index contributed by atoms with van der Waals surface area (Å²) in [6.07, 6.45) is 0. The molecule has 0 aliphatic rings. The lowest BCUT2D eigenvalue weighted by Crippen LogP contribution is -2.15. The Bertz CT molecular complexity index is 1370. The summed E-state index contributed by atoms with van der Waals surface area (Å²) < 4.78 is 11.4. The summed E-state index contributed by atoms with van der Waals surface area (Å²) in [6.45, 7) is 2.41. The van der Waals surface area contributed by atoms with Crippen molar-refractivity contribution in [2.75, 3.05) is 13.7 Å². The lowest BCUT2D eigenvalue weighted by molar-refractivity contribution is 0.0600. The molecule has 2 aromatic heterocycles. The van der Waals surface area contributed by atoms with Crippen molar-refractivity contribution in [1.82, 2.24) is 19.5 Å². The zero-order valence-electron chi connectivity index (χ0n) is 17.3. The minimum atomic E-state index is -0.806. The number of amides is 1. The van der Waals surface area contributed by atoms with Crippen LogP contribution in [0.15, 0.2) is 53.3 Å². The van der Waals surface area contributed by atoms with Crippen LogP contribution in [0.25, 0.3) is 28.2 Å². The number of primary amides is 1. The zero-order chi connectivity index (χ0) is 22.8. The molecule has 0 saturated heterocycles. The van der Waals surface area contributed by atoms with Gasteiger partial charge >= 0.3 is 11.7 Å². The molecule has 10 nitrogen and oxygen atoms in total. The standard InChI is InChI=1S/C22H19N5O5/c1-3-32-15-10-6-12(7-11-15)19-24-16(18(23)28)17-20(26-19)27(22(30)25-17)14-8-4-13(5-9-14)21(29)31-2/h4-11H,3H2,1-2H3,(H2,23,28)(H,25,30). The van der Waals surface area contributed by atoms with Crippen molar-refractivity contribution in [3.63, 3.8) is 0 Å². The normalized spacial score (nSPS) is 10.8. The molecule has 4 aromatic rings. The first-order chi connectivity index (χ1) is 15.4. The molecule has 1 amide bonds. The molecular weight excluding hydrogens is 414 g/mol. The fourth-order valence-corrected chi connectivity index (χ4v) is 3.26. The average molecular weight is 433 g/mol. The Morgan fingerprint density at radius 1 is 1.06 bits per heavy atom. The third-order valence-electron chi connectivity index (χ3n) is 4.74. The third kappa shape index (κ3) is 3.69. The van der Waals surface area contributed by atoms with Crippen molar-refractivity contribution >= 4 is 23.0 Å². The number of esters is 1. The minimum absolute atomic E-state index is 0.110. The van der Waals surface area contributed by atoms with E-state index in [1.807, 2.05) is 6.92 Å². The number of hydrogen-bond acceptors (Lipinski definition) is 7. The van der Waals surface area contributed by atoms with Gasteiger partial charge in [-0.3, -0.25) is 4.79 Å². The number of nitrogens with zero attached hydrogens (tertiary/aromatic N) is 3. The predicted octanol–water partition coefficient (Wildman–Crippen LogP) is 2.06. The molecule has 2 aromatic carbocycles. The molecule has 4 rings (SSSR count). The number of H-pyrrole nitrogens is 1. The van der Waals surface area contributed by atoms with Crippen molar-refractivity contribution in [3.8, 4) is 22.8 Å². The summed E-state index contributed by atoms with van der Waals surface area (Å²) in [5.74, 6) is -0.414. The second-order valence-corrected chi connectivity index (χ2v) is 6.72. The van der Waals surface area contributed by atoms with E-state index in [1.54, 1.807) is 36.4 Å². The number of imidazole rings is 1. The lowest BCUT2D eigenvalue weighted by Gasteiger charge is -2.08. The molecule has 0 bridgehead atoms. The predicted molar refractivity (Wildman–Crippen MR) is 116 cm³/mol. The van der Waals surface area contributed by atoms with Crippen molar-refractivity contribution in [1.29, 1.82) is 0 Å². The number of hydrogen-bond donors (Lipinski definition) is 2. The van der Waals surface area contributed by atoms with Gasteiger partial charge in [0.15, 0.2) is 17.2 Å². The molecular formula is C22H19N5O5. The number of methoxy groups -OCH3 is 1. The highest BCUT2D eigenvalue weighted by molar-refractivity contribution is 6.02. The third-order valence-corrected chi connectivity index (χ3v) is 4.74. The lowest BCUT2D eigenvalue weighted by atomic mass is 10.2. The van der Waals surface area contributed by atoms with Crippen LogP contribution in [0.2, 0.25) is 0 Å². The Morgan fingerprint density at radius 2 is 1.75 bits per heavy atom. The van der Waals surface area contributed by atoms with Crippen LogP contribution < -0.4 is 16.2 Å². The first-order valence-corrected chi connectivity index (χ1v) is 9.67. The van der Waals surface area contributed by atoms with Gasteiger partial charge in [-0.15, -0.1) is 0 Å². The van der Waals surface area contributed by atoms with Crippen LogP contribution in [0, 0.1) is 0 Å². The molecule has 32 heavy (non-hydrogen) atoms. The molecule has 3 N–H and O–H groups in total. The smallest absolute Gasteiger partial charge is 0.337 e. The van der Waals surface area contributed by atoms with E-state index in [1.165, 1.54) is 23.8 Å². The molecule has 0 fully saturated rings. The van der Waals surface area contributed by atoms with Gasteiger partial charge in [0, 0.05) is 5.56 Å². The van der Waals surface area contributed by atoms with E-state index in [2.05, 4.69) is 15.0 Å². The Labute approximate surface area is 181 Å². The van der Waals surface area contributed by atoms with Crippen molar-refractivity contribution in [2.45, 2.75) is 6.92 Å². The number of benzene rings is 2. The van der Waals surface area contributed by atoms with Crippen molar-refractivity contribution < 1.29 is 19.1 Å². The number of aromatic nitrogens is 4. The number of ether oxygens (including phenoxy) is 2. The number of nitrogens with one attached hydrogen (secondary N) is 1. The van der Waals surface area contributed by atoms with Gasteiger partial charge in [0.25, 0.3) is 5.91 Å². The van der Waals surface area contributed by atoms with Gasteiger partial charge < -0.3 is 20.2 Å². The maximum absolute atomic E-state index is 12.7. The molecule has 2 heterocycles. The molecule has 0 atom stereocenters. The molecule has 10 heteroatoms. The molecule has 0 spiro atoms. The molecule has 162 valence electrons. The first kappa shape index (κ1) is 20.8. The van der Waals surface area contributed by atoms with Gasteiger partial charge in [0.2, 0.25) is 0 Å². The van der Waals surface area contributed by atoms with E-state index in [4.69, 9.17) is 15.2 Å². The summed E-state index contributed by atoms with van der Waals surface area (Å²) in [5.41, 5.74) is 6.54. The first-order valence-electron chi connectivity index (χ1n) is 9.67. The molecule has 0 aliphatic carbocycles. The Kier molecular flexibility index (Phi) is 5.42. The molecule has 0 aliphatic heterocycles. The second kappa shape index (κ2) is 8.34. The van der Waals surface area contributed by atoms with Crippen LogP contribution in [0.4, 0.5) is 0 Å². The fraction of sp³-hybridized carbons (Fsp3) is 0.136. The topological polar surface area (TPSA) is 142 Å². The van der Waals surface area contributed by atoms with Gasteiger partial charge in [0.05, 0.1) is 25.0 Å². The quantitative estimate of drug-likeness (QED) is 0.443. The van der Waals surface area contributed by atoms with Gasteiger partial charge in [0.1, 0.15) is 11.3 Å². The van der Waals surface area contributed by atoms with Gasteiger partial charge in [-0.05, 0) is 55.5 Å². The Balaban J connectivity index is 1.89. The fourth-order valence-electron chi connectivity index (χ4n) is 3.26. The van der Waals surface area contributed by atoms with Crippen LogP contribution in [-0.2, 0) is 4.74 Å². The maximum Gasteiger partial charge on any atom is 0.337 e. The van der Waals surface area contributed by atoms with E-state index >= 15 is 0 Å². The maximum atomic E-state index is 12.7. The van der Waals surface area contributed by atoms with E-state index in [0.717, 1.165) is 0 Å². The summed E-state index contributed by atoms with van der Waals surface area (Å²) in [7, 11) is 1.28. The van der Waals surface area contributed by atoms with Gasteiger partial charge in [-0.2, -0.15) is 0 Å². The summed E-state index contributed by atoms with van der Waals surface area (Å²) in [5, 5.41) is 0. The monoisotopic (exact) mass is 433 g/mol. The zero-order valence-corrected chi connectivity index (χ0v) is 17.3. The second-order valence-electron chi connectivity index (χ2n) is 6.72. The van der Waals surface area contributed by atoms with Crippen molar-refractivity contribution in [2.24, 2.45) is 5.73 Å². The van der Waals surface area contributed by atoms with E-state index in [-0.39, 0.29) is 22.7 Å². The van der Waals surface area contributed by atoms with Crippen LogP contribution in [0.5, 0.6) is 5.75 Å². The highest BCUT2D eigenvalue weighted by atomic mass is 16.5. The number of aromatic amines is 1. The molecule has 0 radical (unpaired) electrons. The van der Waals surface area contributed by atoms with Gasteiger partial charge in [-0.25, -0.2) is 24.1 Å². The summed E-state index contributed by atoms with van der Waals surface area (Å²) >= 11 is 0. The minimum Gasteiger partial charge on any atom is -0.494 e. The number of fused-ring (bicyclic) bond motifs is 1. The Hall–Kier alpha value is -4.47. The number of carbonyl (C=O) groups excluding carboxylic acids is 2. The van der Waals surface area contributed by atoms with E-state index < -0.39 is 17.6 Å². The molecule has 0 saturated carbocycles. The van der Waals surface area contributed by atoms with Crippen LogP contribution in [-0.4, -0.2) is 45.1 Å². The summed E-state index contributed by atoms with van der Waals surface area (Å²) in [4.78, 5) is 47.9. The highest BCUT2D eigenvalue weighted by Gasteiger charge is 2.20. The molecule has 0 unspecified atom stereocenters. The SMILES string of the molecule is CCOc1ccc(-c2nc(C(N)=O)c3[nH]c(=O)n(-c4ccc(C(=O)OC)cc4)c3n2)cc1. The van der Waals surface area contributed by atoms with E-state index in [0.29, 0.717) is 29.2 Å². The van der Waals surface area contributed by atoms with Crippen molar-refractivity contribution in [3.05, 3.63) is 70.3 Å². The number of carbonyl (C=O) groups is 2. The highest BCUT2D eigenvalue weighted by Crippen LogP contribution is 2.24. The Morgan fingerprint density at radius 3 is 2.34 bits per heavy atom.